The van der Waals surface area contributed by atoms with E-state index in [1.54, 1.807) is 0 Å². The number of hydrogen-bond acceptors (Lipinski definition) is 5. The molecule has 1 heterocycles. The third kappa shape index (κ3) is 3.70. The Kier molecular flexibility index (Phi) is 4.95. The van der Waals surface area contributed by atoms with Crippen LogP contribution in [-0.4, -0.2) is 16.7 Å². The van der Waals surface area contributed by atoms with Crippen LogP contribution < -0.4 is 10.1 Å². The quantitative estimate of drug-likeness (QED) is 0.874. The molecule has 1 N–H and O–H groups in total. The van der Waals surface area contributed by atoms with E-state index < -0.39 is 0 Å². The maximum atomic E-state index is 5.89. The molecule has 0 aliphatic heterocycles. The highest BCUT2D eigenvalue weighted by Crippen LogP contribution is 2.25. The Hall–Kier alpha value is -1.62. The summed E-state index contributed by atoms with van der Waals surface area (Å²) in [6.07, 6.45) is 0. The maximum absolute atomic E-state index is 5.89. The highest BCUT2D eigenvalue weighted by atomic mass is 32.1. The summed E-state index contributed by atoms with van der Waals surface area (Å²) in [5.41, 5.74) is 2.43. The van der Waals surface area contributed by atoms with Gasteiger partial charge in [-0.2, -0.15) is 0 Å². The average Bonchev–Trinajstić information content (AvgIpc) is 2.86. The molecule has 2 aromatic rings. The molecule has 1 aromatic heterocycles. The van der Waals surface area contributed by atoms with Crippen LogP contribution in [0.4, 0.5) is 5.13 Å². The number of hydrogen-bond donors (Lipinski definition) is 1. The number of benzene rings is 1. The van der Waals surface area contributed by atoms with E-state index in [0.29, 0.717) is 12.5 Å². The number of aryl methyl sites for hydroxylation is 1. The van der Waals surface area contributed by atoms with Gasteiger partial charge < -0.3 is 10.1 Å². The molecule has 2 rings (SSSR count). The van der Waals surface area contributed by atoms with Gasteiger partial charge in [-0.3, -0.25) is 0 Å². The van der Waals surface area contributed by atoms with Gasteiger partial charge in [0.15, 0.2) is 5.01 Å². The topological polar surface area (TPSA) is 47.0 Å². The lowest BCUT2D eigenvalue weighted by atomic mass is 10.0. The molecule has 0 atom stereocenters. The van der Waals surface area contributed by atoms with E-state index in [4.69, 9.17) is 4.74 Å². The summed E-state index contributed by atoms with van der Waals surface area (Å²) in [7, 11) is 0. The molecule has 0 fully saturated rings. The van der Waals surface area contributed by atoms with Crippen LogP contribution in [0.1, 0.15) is 42.8 Å². The molecule has 5 heteroatoms. The first-order valence-corrected chi connectivity index (χ1v) is 7.71. The molecule has 0 aliphatic rings. The average molecular weight is 291 g/mol. The summed E-state index contributed by atoms with van der Waals surface area (Å²) >= 11 is 1.53. The van der Waals surface area contributed by atoms with E-state index in [1.807, 2.05) is 6.92 Å². The summed E-state index contributed by atoms with van der Waals surface area (Å²) in [5.74, 6) is 1.43. The van der Waals surface area contributed by atoms with Crippen molar-refractivity contribution in [3.05, 3.63) is 34.3 Å². The Morgan fingerprint density at radius 3 is 2.80 bits per heavy atom. The van der Waals surface area contributed by atoms with Gasteiger partial charge in [-0.05, 0) is 37.0 Å². The smallest absolute Gasteiger partial charge is 0.205 e. The zero-order valence-electron chi connectivity index (χ0n) is 12.4. The first-order chi connectivity index (χ1) is 9.60. The van der Waals surface area contributed by atoms with Crippen LogP contribution in [0.5, 0.6) is 5.75 Å². The predicted molar refractivity (Wildman–Crippen MR) is 83.7 cm³/mol. The van der Waals surface area contributed by atoms with E-state index >= 15 is 0 Å². The van der Waals surface area contributed by atoms with Crippen molar-refractivity contribution in [2.45, 2.75) is 40.2 Å². The number of ether oxygens (including phenoxy) is 1. The fourth-order valence-electron chi connectivity index (χ4n) is 1.81. The lowest BCUT2D eigenvalue weighted by Gasteiger charge is -2.11. The van der Waals surface area contributed by atoms with Crippen molar-refractivity contribution in [3.63, 3.8) is 0 Å². The van der Waals surface area contributed by atoms with Crippen LogP contribution in [0.2, 0.25) is 0 Å². The second-order valence-electron chi connectivity index (χ2n) is 5.00. The molecule has 0 amide bonds. The first-order valence-electron chi connectivity index (χ1n) is 6.89. The van der Waals surface area contributed by atoms with Crippen molar-refractivity contribution in [2.75, 3.05) is 11.9 Å². The van der Waals surface area contributed by atoms with Crippen molar-refractivity contribution in [1.29, 1.82) is 0 Å². The summed E-state index contributed by atoms with van der Waals surface area (Å²) in [4.78, 5) is 0. The second kappa shape index (κ2) is 6.70. The number of nitrogens with one attached hydrogen (secondary N) is 1. The Morgan fingerprint density at radius 1 is 1.30 bits per heavy atom. The van der Waals surface area contributed by atoms with Gasteiger partial charge in [0.05, 0.1) is 0 Å². The van der Waals surface area contributed by atoms with Crippen molar-refractivity contribution >= 4 is 16.5 Å². The van der Waals surface area contributed by atoms with E-state index in [2.05, 4.69) is 54.5 Å². The molecule has 0 aliphatic carbocycles. The zero-order chi connectivity index (χ0) is 14.5. The summed E-state index contributed by atoms with van der Waals surface area (Å²) in [5, 5.41) is 13.1. The van der Waals surface area contributed by atoms with E-state index in [-0.39, 0.29) is 0 Å². The molecule has 0 bridgehead atoms. The molecule has 4 nitrogen and oxygen atoms in total. The number of nitrogens with zero attached hydrogens (tertiary/aromatic N) is 2. The maximum Gasteiger partial charge on any atom is 0.205 e. The van der Waals surface area contributed by atoms with Gasteiger partial charge >= 0.3 is 0 Å². The monoisotopic (exact) mass is 291 g/mol. The van der Waals surface area contributed by atoms with Crippen molar-refractivity contribution in [3.8, 4) is 5.75 Å². The molecule has 0 saturated heterocycles. The molecule has 20 heavy (non-hydrogen) atoms. The van der Waals surface area contributed by atoms with Gasteiger partial charge in [-0.25, -0.2) is 0 Å². The normalized spacial score (nSPS) is 10.8. The van der Waals surface area contributed by atoms with E-state index in [0.717, 1.165) is 28.0 Å². The lowest BCUT2D eigenvalue weighted by Crippen LogP contribution is -1.98. The minimum Gasteiger partial charge on any atom is -0.486 e. The molecule has 0 spiro atoms. The van der Waals surface area contributed by atoms with Gasteiger partial charge in [-0.1, -0.05) is 37.3 Å². The molecule has 108 valence electrons. The lowest BCUT2D eigenvalue weighted by molar-refractivity contribution is 0.302. The second-order valence-corrected chi connectivity index (χ2v) is 6.06. The largest absolute Gasteiger partial charge is 0.486 e. The Bertz CT molecular complexity index is 566. The van der Waals surface area contributed by atoms with Gasteiger partial charge in [0.2, 0.25) is 5.13 Å². The van der Waals surface area contributed by atoms with Crippen LogP contribution in [0.15, 0.2) is 18.2 Å². The van der Waals surface area contributed by atoms with Crippen molar-refractivity contribution in [2.24, 2.45) is 0 Å². The summed E-state index contributed by atoms with van der Waals surface area (Å²) in [6, 6.07) is 6.38. The fraction of sp³-hybridized carbons (Fsp3) is 0.467. The van der Waals surface area contributed by atoms with E-state index in [1.165, 1.54) is 16.9 Å². The van der Waals surface area contributed by atoms with Crippen LogP contribution >= 0.6 is 11.3 Å². The standard InChI is InChI=1S/C15H21N3OS/c1-5-16-15-18-17-14(20-15)9-19-13-8-12(10(2)3)7-6-11(13)4/h6-8,10H,5,9H2,1-4H3,(H,16,18). The molecule has 0 radical (unpaired) electrons. The Balaban J connectivity index is 2.04. The third-order valence-electron chi connectivity index (χ3n) is 3.02. The van der Waals surface area contributed by atoms with Crippen molar-refractivity contribution < 1.29 is 4.74 Å². The summed E-state index contributed by atoms with van der Waals surface area (Å²) in [6.45, 7) is 9.78. The van der Waals surface area contributed by atoms with Gasteiger partial charge in [0.25, 0.3) is 0 Å². The molecular weight excluding hydrogens is 270 g/mol. The molecule has 1 aromatic carbocycles. The highest BCUT2D eigenvalue weighted by molar-refractivity contribution is 7.15. The Labute approximate surface area is 124 Å². The van der Waals surface area contributed by atoms with E-state index in [9.17, 15) is 0 Å². The minimum atomic E-state index is 0.464. The fourth-order valence-corrected chi connectivity index (χ4v) is 2.53. The van der Waals surface area contributed by atoms with Crippen LogP contribution in [0, 0.1) is 6.92 Å². The molecule has 0 unspecified atom stereocenters. The zero-order valence-corrected chi connectivity index (χ0v) is 13.3. The first kappa shape index (κ1) is 14.8. The Morgan fingerprint density at radius 2 is 2.10 bits per heavy atom. The van der Waals surface area contributed by atoms with Crippen LogP contribution in [-0.2, 0) is 6.61 Å². The third-order valence-corrected chi connectivity index (χ3v) is 3.88. The van der Waals surface area contributed by atoms with Crippen molar-refractivity contribution in [1.82, 2.24) is 10.2 Å². The number of rotatable bonds is 6. The van der Waals surface area contributed by atoms with Crippen LogP contribution in [0.25, 0.3) is 0 Å². The summed E-state index contributed by atoms with van der Waals surface area (Å²) < 4.78 is 5.89. The van der Waals surface area contributed by atoms with Crippen LogP contribution in [0.3, 0.4) is 0 Å². The predicted octanol–water partition coefficient (Wildman–Crippen LogP) is 3.98. The highest BCUT2D eigenvalue weighted by Gasteiger charge is 2.07. The van der Waals surface area contributed by atoms with Gasteiger partial charge in [0.1, 0.15) is 12.4 Å². The molecular formula is C15H21N3OS. The molecule has 0 saturated carbocycles. The SMILES string of the molecule is CCNc1nnc(COc2cc(C(C)C)ccc2C)s1. The number of anilines is 1. The number of aromatic nitrogens is 2. The minimum absolute atomic E-state index is 0.464. The van der Waals surface area contributed by atoms with Gasteiger partial charge in [0, 0.05) is 6.54 Å². The van der Waals surface area contributed by atoms with Gasteiger partial charge in [-0.15, -0.1) is 10.2 Å².